The number of phosphoric ester groups is 2. The zero-order valence-corrected chi connectivity index (χ0v) is 58.4. The van der Waals surface area contributed by atoms with Crippen LogP contribution in [0.1, 0.15) is 331 Å². The smallest absolute Gasteiger partial charge is 0.462 e. The number of hydrogen-bond acceptors (Lipinski definition) is 15. The molecule has 0 aromatic heterocycles. The van der Waals surface area contributed by atoms with Gasteiger partial charge in [0.05, 0.1) is 26.4 Å². The third kappa shape index (κ3) is 61.3. The van der Waals surface area contributed by atoms with Crippen LogP contribution in [-0.4, -0.2) is 96.7 Å². The summed E-state index contributed by atoms with van der Waals surface area (Å²) in [7, 11) is -9.89. The van der Waals surface area contributed by atoms with Gasteiger partial charge in [0, 0.05) is 25.7 Å². The van der Waals surface area contributed by atoms with Crippen LogP contribution < -0.4 is 0 Å². The van der Waals surface area contributed by atoms with Crippen LogP contribution in [0.15, 0.2) is 0 Å². The second-order valence-electron chi connectivity index (χ2n) is 26.2. The monoisotopic (exact) mass is 1280 g/mol. The summed E-state index contributed by atoms with van der Waals surface area (Å²) < 4.78 is 68.1. The molecular weight excluding hydrogens is 1150 g/mol. The molecule has 0 aliphatic heterocycles. The normalized spacial score (nSPS) is 14.6. The van der Waals surface area contributed by atoms with Gasteiger partial charge in [0.2, 0.25) is 0 Å². The largest absolute Gasteiger partial charge is 0.472 e. The zero-order chi connectivity index (χ0) is 64.7. The van der Waals surface area contributed by atoms with Crippen LogP contribution in [-0.2, 0) is 65.4 Å². The van der Waals surface area contributed by atoms with E-state index in [-0.39, 0.29) is 25.7 Å². The van der Waals surface area contributed by atoms with Gasteiger partial charge in [0.15, 0.2) is 12.2 Å². The second-order valence-corrected chi connectivity index (χ2v) is 29.1. The Morgan fingerprint density at radius 1 is 0.322 bits per heavy atom. The lowest BCUT2D eigenvalue weighted by molar-refractivity contribution is -0.161. The summed E-state index contributed by atoms with van der Waals surface area (Å²) in [5.74, 6) is 0.777. The number of esters is 4. The SMILES string of the molecule is CCC(C)CCCCCCCCCCCCCCCCC(=O)OC[C@H](COP(=O)(O)OC[C@@H](O)COP(=O)(O)OC[C@@H](COC(=O)CCCCCCCCC(C)C)OC(=O)CCCCCCCCCCC(C)C)OC(=O)CCCCCCCCC(C)C. The molecule has 0 saturated carbocycles. The topological polar surface area (TPSA) is 237 Å². The fourth-order valence-corrected chi connectivity index (χ4v) is 11.7. The van der Waals surface area contributed by atoms with Gasteiger partial charge < -0.3 is 33.8 Å². The molecule has 0 aliphatic rings. The Labute approximate surface area is 530 Å². The predicted molar refractivity (Wildman–Crippen MR) is 349 cm³/mol. The molecule has 3 unspecified atom stereocenters. The van der Waals surface area contributed by atoms with Gasteiger partial charge in [-0.25, -0.2) is 9.13 Å². The molecular formula is C68H132O17P2. The number of ether oxygens (including phenoxy) is 4. The summed E-state index contributed by atoms with van der Waals surface area (Å²) in [5, 5.41) is 10.6. The number of aliphatic hydroxyl groups excluding tert-OH is 1. The van der Waals surface area contributed by atoms with Crippen molar-refractivity contribution in [2.45, 2.75) is 350 Å². The number of unbranched alkanes of at least 4 members (excludes halogenated alkanes) is 30. The van der Waals surface area contributed by atoms with Gasteiger partial charge in [-0.15, -0.1) is 0 Å². The molecule has 17 nitrogen and oxygen atoms in total. The van der Waals surface area contributed by atoms with Crippen LogP contribution in [0.5, 0.6) is 0 Å². The van der Waals surface area contributed by atoms with E-state index in [9.17, 15) is 43.2 Å². The third-order valence-electron chi connectivity index (χ3n) is 15.9. The van der Waals surface area contributed by atoms with E-state index in [1.54, 1.807) is 0 Å². The maximum Gasteiger partial charge on any atom is 0.472 e. The van der Waals surface area contributed by atoms with E-state index in [0.29, 0.717) is 37.5 Å². The van der Waals surface area contributed by atoms with Crippen molar-refractivity contribution in [2.24, 2.45) is 23.7 Å². The maximum absolute atomic E-state index is 13.0. The van der Waals surface area contributed by atoms with Gasteiger partial charge in [-0.2, -0.15) is 0 Å². The van der Waals surface area contributed by atoms with Gasteiger partial charge in [-0.1, -0.05) is 280 Å². The van der Waals surface area contributed by atoms with Crippen LogP contribution in [0, 0.1) is 23.7 Å². The molecule has 0 bridgehead atoms. The summed E-state index contributed by atoms with van der Waals surface area (Å²) in [6, 6.07) is 0. The van der Waals surface area contributed by atoms with Gasteiger partial charge in [0.1, 0.15) is 19.3 Å². The van der Waals surface area contributed by atoms with Crippen LogP contribution in [0.2, 0.25) is 0 Å². The molecule has 516 valence electrons. The Morgan fingerprint density at radius 2 is 0.552 bits per heavy atom. The van der Waals surface area contributed by atoms with Crippen molar-refractivity contribution in [3.05, 3.63) is 0 Å². The average Bonchev–Trinajstić information content (AvgIpc) is 3.62. The van der Waals surface area contributed by atoms with Crippen molar-refractivity contribution in [1.82, 2.24) is 0 Å². The molecule has 0 heterocycles. The molecule has 87 heavy (non-hydrogen) atoms. The average molecular weight is 1280 g/mol. The molecule has 0 saturated heterocycles. The molecule has 6 atom stereocenters. The highest BCUT2D eigenvalue weighted by Crippen LogP contribution is 2.45. The Hall–Kier alpha value is -1.94. The lowest BCUT2D eigenvalue weighted by Gasteiger charge is -2.21. The number of aliphatic hydroxyl groups is 1. The number of carbonyl (C=O) groups is 4. The van der Waals surface area contributed by atoms with Crippen molar-refractivity contribution >= 4 is 39.5 Å². The minimum atomic E-state index is -4.95. The molecule has 0 amide bonds. The van der Waals surface area contributed by atoms with Crippen LogP contribution in [0.25, 0.3) is 0 Å². The van der Waals surface area contributed by atoms with E-state index in [1.165, 1.54) is 128 Å². The van der Waals surface area contributed by atoms with Crippen LogP contribution in [0.3, 0.4) is 0 Å². The minimum absolute atomic E-state index is 0.102. The highest BCUT2D eigenvalue weighted by Gasteiger charge is 2.30. The van der Waals surface area contributed by atoms with Crippen LogP contribution in [0.4, 0.5) is 0 Å². The standard InChI is InChI=1S/C68H132O17P2/c1-9-61(8)47-39-31-21-16-14-12-10-11-13-15-17-22-32-40-48-65(70)78-54-64(85-68(73)51-43-35-27-25-30-38-46-60(6)7)57-83-87(76,77)81-53-62(69)52-80-86(74,75)82-56-63(55-79-66(71)49-41-33-26-24-29-37-45-59(4)5)84-67(72)50-42-34-23-19-18-20-28-36-44-58(2)3/h58-64,69H,9-57H2,1-8H3,(H,74,75)(H,76,77)/t61?,62-,63+,64+/m0/s1. The number of hydrogen-bond donors (Lipinski definition) is 3. The van der Waals surface area contributed by atoms with Gasteiger partial charge in [-0.05, 0) is 49.4 Å². The second kappa shape index (κ2) is 57.9. The van der Waals surface area contributed by atoms with Gasteiger partial charge >= 0.3 is 39.5 Å². The maximum atomic E-state index is 13.0. The molecule has 3 N–H and O–H groups in total. The fraction of sp³-hybridized carbons (Fsp3) is 0.941. The van der Waals surface area contributed by atoms with Crippen LogP contribution >= 0.6 is 15.6 Å². The molecule has 0 aromatic carbocycles. The molecule has 0 radical (unpaired) electrons. The molecule has 0 rings (SSSR count). The van der Waals surface area contributed by atoms with Crippen molar-refractivity contribution in [3.8, 4) is 0 Å². The first-order valence-corrected chi connectivity index (χ1v) is 38.2. The number of carbonyl (C=O) groups excluding carboxylic acids is 4. The summed E-state index contributed by atoms with van der Waals surface area (Å²) >= 11 is 0. The zero-order valence-electron chi connectivity index (χ0n) is 56.6. The first-order valence-electron chi connectivity index (χ1n) is 35.2. The van der Waals surface area contributed by atoms with Crippen molar-refractivity contribution in [3.63, 3.8) is 0 Å². The van der Waals surface area contributed by atoms with Crippen molar-refractivity contribution in [1.29, 1.82) is 0 Å². The predicted octanol–water partition coefficient (Wildman–Crippen LogP) is 18.9. The molecule has 0 fully saturated rings. The number of rotatable bonds is 65. The summed E-state index contributed by atoms with van der Waals surface area (Å²) in [4.78, 5) is 72.3. The first kappa shape index (κ1) is 85.1. The molecule has 0 spiro atoms. The molecule has 19 heteroatoms. The summed E-state index contributed by atoms with van der Waals surface area (Å²) in [6.45, 7) is 14.0. The Bertz CT molecular complexity index is 1730. The quantitative estimate of drug-likeness (QED) is 0.0222. The highest BCUT2D eigenvalue weighted by atomic mass is 31.2. The van der Waals surface area contributed by atoms with E-state index in [4.69, 9.17) is 37.0 Å². The summed E-state index contributed by atoms with van der Waals surface area (Å²) in [5.41, 5.74) is 0. The first-order chi connectivity index (χ1) is 41.6. The Morgan fingerprint density at radius 3 is 0.816 bits per heavy atom. The van der Waals surface area contributed by atoms with E-state index < -0.39 is 97.5 Å². The molecule has 0 aliphatic carbocycles. The van der Waals surface area contributed by atoms with Gasteiger partial charge in [0.25, 0.3) is 0 Å². The lowest BCUT2D eigenvalue weighted by Crippen LogP contribution is -2.30. The third-order valence-corrected chi connectivity index (χ3v) is 17.8. The van der Waals surface area contributed by atoms with E-state index >= 15 is 0 Å². The minimum Gasteiger partial charge on any atom is -0.462 e. The lowest BCUT2D eigenvalue weighted by atomic mass is 9.99. The van der Waals surface area contributed by atoms with E-state index in [0.717, 1.165) is 108 Å². The summed E-state index contributed by atoms with van der Waals surface area (Å²) in [6.07, 6.45) is 39.3. The fourth-order valence-electron chi connectivity index (χ4n) is 10.1. The van der Waals surface area contributed by atoms with Crippen molar-refractivity contribution in [2.75, 3.05) is 39.6 Å². The van der Waals surface area contributed by atoms with E-state index in [2.05, 4.69) is 55.4 Å². The molecule has 0 aromatic rings. The number of phosphoric acid groups is 2. The van der Waals surface area contributed by atoms with E-state index in [1.807, 2.05) is 0 Å². The highest BCUT2D eigenvalue weighted by molar-refractivity contribution is 7.47. The Kier molecular flexibility index (Phi) is 56.6. The Balaban J connectivity index is 5.16. The van der Waals surface area contributed by atoms with Gasteiger partial charge in [-0.3, -0.25) is 37.3 Å². The van der Waals surface area contributed by atoms with Crippen molar-refractivity contribution < 1.29 is 80.2 Å².